The third-order valence-electron chi connectivity index (χ3n) is 4.31. The van der Waals surface area contributed by atoms with Crippen LogP contribution in [0.2, 0.25) is 0 Å². The molecule has 2 aliphatic rings. The fourth-order valence-electron chi connectivity index (χ4n) is 3.27. The van der Waals surface area contributed by atoms with Crippen LogP contribution in [0.5, 0.6) is 0 Å². The highest BCUT2D eigenvalue weighted by molar-refractivity contribution is 5.29. The number of nitrogens with zero attached hydrogens (tertiary/aromatic N) is 1. The highest BCUT2D eigenvalue weighted by Gasteiger charge is 2.40. The Morgan fingerprint density at radius 2 is 2.18 bits per heavy atom. The third kappa shape index (κ3) is 1.98. The molecule has 1 aliphatic heterocycles. The summed E-state index contributed by atoms with van der Waals surface area (Å²) >= 11 is 0. The van der Waals surface area contributed by atoms with Crippen molar-refractivity contribution in [3.63, 3.8) is 0 Å². The van der Waals surface area contributed by atoms with Gasteiger partial charge >= 0.3 is 0 Å². The Bertz CT molecular complexity index is 399. The van der Waals surface area contributed by atoms with Crippen LogP contribution in [0.1, 0.15) is 42.9 Å². The lowest BCUT2D eigenvalue weighted by molar-refractivity contribution is 0.0400. The van der Waals surface area contributed by atoms with E-state index in [0.717, 1.165) is 32.5 Å². The van der Waals surface area contributed by atoms with Crippen LogP contribution in [0.3, 0.4) is 0 Å². The zero-order valence-corrected chi connectivity index (χ0v) is 10.2. The molecular weight excluding hydrogens is 212 g/mol. The van der Waals surface area contributed by atoms with Gasteiger partial charge in [-0.1, -0.05) is 6.07 Å². The van der Waals surface area contributed by atoms with E-state index in [1.807, 2.05) is 12.3 Å². The summed E-state index contributed by atoms with van der Waals surface area (Å²) in [7, 11) is 0. The first-order chi connectivity index (χ1) is 8.30. The Balaban J connectivity index is 1.94. The summed E-state index contributed by atoms with van der Waals surface area (Å²) in [6.07, 6.45) is 7.41. The molecule has 92 valence electrons. The molecule has 1 aliphatic carbocycles. The van der Waals surface area contributed by atoms with Crippen molar-refractivity contribution in [2.75, 3.05) is 13.2 Å². The molecule has 0 amide bonds. The lowest BCUT2D eigenvalue weighted by Gasteiger charge is -2.42. The second-order valence-electron chi connectivity index (χ2n) is 5.34. The molecule has 0 spiro atoms. The Morgan fingerprint density at radius 3 is 3.00 bits per heavy atom. The van der Waals surface area contributed by atoms with Gasteiger partial charge in [0.05, 0.1) is 0 Å². The van der Waals surface area contributed by atoms with Crippen molar-refractivity contribution >= 4 is 0 Å². The smallest absolute Gasteiger partial charge is 0.0484 e. The summed E-state index contributed by atoms with van der Waals surface area (Å²) in [5, 5.41) is 0. The molecule has 1 saturated heterocycles. The minimum Gasteiger partial charge on any atom is -0.381 e. The van der Waals surface area contributed by atoms with Crippen LogP contribution in [0.4, 0.5) is 0 Å². The molecule has 1 fully saturated rings. The molecule has 3 nitrogen and oxygen atoms in total. The molecule has 1 unspecified atom stereocenters. The van der Waals surface area contributed by atoms with Crippen molar-refractivity contribution in [1.29, 1.82) is 0 Å². The second kappa shape index (κ2) is 4.39. The van der Waals surface area contributed by atoms with Gasteiger partial charge in [0, 0.05) is 36.6 Å². The Labute approximate surface area is 102 Å². The van der Waals surface area contributed by atoms with Gasteiger partial charge in [-0.25, -0.2) is 0 Å². The van der Waals surface area contributed by atoms with E-state index in [1.54, 1.807) is 0 Å². The number of fused-ring (bicyclic) bond motifs is 1. The Hall–Kier alpha value is -0.930. The van der Waals surface area contributed by atoms with E-state index < -0.39 is 0 Å². The van der Waals surface area contributed by atoms with Crippen molar-refractivity contribution in [2.24, 2.45) is 5.73 Å². The maximum Gasteiger partial charge on any atom is 0.0484 e. The average Bonchev–Trinajstić information content (AvgIpc) is 2.39. The first-order valence-electron chi connectivity index (χ1n) is 6.60. The van der Waals surface area contributed by atoms with Gasteiger partial charge in [-0.15, -0.1) is 0 Å². The number of nitrogens with two attached hydrogens (primary N) is 1. The molecule has 0 bridgehead atoms. The number of pyridine rings is 1. The predicted octanol–water partition coefficient (Wildman–Crippen LogP) is 2.01. The topological polar surface area (TPSA) is 48.1 Å². The van der Waals surface area contributed by atoms with Crippen molar-refractivity contribution in [3.8, 4) is 0 Å². The average molecular weight is 232 g/mol. The van der Waals surface area contributed by atoms with Crippen molar-refractivity contribution in [2.45, 2.75) is 43.6 Å². The van der Waals surface area contributed by atoms with Gasteiger partial charge in [0.1, 0.15) is 0 Å². The second-order valence-corrected chi connectivity index (χ2v) is 5.34. The van der Waals surface area contributed by atoms with Gasteiger partial charge in [0.2, 0.25) is 0 Å². The van der Waals surface area contributed by atoms with Gasteiger partial charge in [-0.05, 0) is 43.7 Å². The molecule has 1 aromatic heterocycles. The molecule has 2 heterocycles. The molecule has 17 heavy (non-hydrogen) atoms. The first-order valence-corrected chi connectivity index (χ1v) is 6.60. The molecular formula is C14H20N2O. The highest BCUT2D eigenvalue weighted by atomic mass is 16.5. The van der Waals surface area contributed by atoms with E-state index in [2.05, 4.69) is 11.1 Å². The largest absolute Gasteiger partial charge is 0.381 e. The van der Waals surface area contributed by atoms with Crippen LogP contribution >= 0.6 is 0 Å². The standard InChI is InChI=1S/C14H20N2O/c15-14(6-9-17-10-7-14)12-5-1-3-11-4-2-8-16-13(11)12/h2,4,8,12H,1,3,5-7,9-10,15H2. The van der Waals surface area contributed by atoms with Crippen LogP contribution in [0.25, 0.3) is 0 Å². The quantitative estimate of drug-likeness (QED) is 0.805. The summed E-state index contributed by atoms with van der Waals surface area (Å²) in [6, 6.07) is 4.24. The zero-order chi connectivity index (χ0) is 11.7. The van der Waals surface area contributed by atoms with Crippen LogP contribution in [-0.2, 0) is 11.2 Å². The first kappa shape index (κ1) is 11.2. The van der Waals surface area contributed by atoms with Crippen LogP contribution in [0, 0.1) is 0 Å². The third-order valence-corrected chi connectivity index (χ3v) is 4.31. The Kier molecular flexibility index (Phi) is 2.89. The number of hydrogen-bond acceptors (Lipinski definition) is 3. The normalized spacial score (nSPS) is 27.5. The maximum absolute atomic E-state index is 6.63. The van der Waals surface area contributed by atoms with Crippen LogP contribution in [-0.4, -0.2) is 23.7 Å². The molecule has 3 heteroatoms. The van der Waals surface area contributed by atoms with E-state index in [9.17, 15) is 0 Å². The molecule has 0 aromatic carbocycles. The molecule has 2 N–H and O–H groups in total. The monoisotopic (exact) mass is 232 g/mol. The fourth-order valence-corrected chi connectivity index (χ4v) is 3.27. The van der Waals surface area contributed by atoms with Crippen molar-refractivity contribution < 1.29 is 4.74 Å². The lowest BCUT2D eigenvalue weighted by atomic mass is 9.70. The van der Waals surface area contributed by atoms with E-state index in [4.69, 9.17) is 10.5 Å². The van der Waals surface area contributed by atoms with Crippen LogP contribution < -0.4 is 5.73 Å². The van der Waals surface area contributed by atoms with Gasteiger partial charge in [0.15, 0.2) is 0 Å². The summed E-state index contributed by atoms with van der Waals surface area (Å²) in [5.74, 6) is 0.427. The van der Waals surface area contributed by atoms with Gasteiger partial charge in [0.25, 0.3) is 0 Å². The zero-order valence-electron chi connectivity index (χ0n) is 10.2. The Morgan fingerprint density at radius 1 is 1.35 bits per heavy atom. The number of aryl methyl sites for hydroxylation is 1. The fraction of sp³-hybridized carbons (Fsp3) is 0.643. The molecule has 1 atom stereocenters. The summed E-state index contributed by atoms with van der Waals surface area (Å²) in [6.45, 7) is 1.60. The molecule has 3 rings (SSSR count). The number of hydrogen-bond donors (Lipinski definition) is 1. The van der Waals surface area contributed by atoms with Gasteiger partial charge < -0.3 is 10.5 Å². The van der Waals surface area contributed by atoms with Crippen molar-refractivity contribution in [3.05, 3.63) is 29.6 Å². The molecule has 1 aromatic rings. The summed E-state index contributed by atoms with van der Waals surface area (Å²) in [4.78, 5) is 4.60. The van der Waals surface area contributed by atoms with E-state index in [0.29, 0.717) is 5.92 Å². The maximum atomic E-state index is 6.63. The van der Waals surface area contributed by atoms with Gasteiger partial charge in [-0.2, -0.15) is 0 Å². The van der Waals surface area contributed by atoms with Gasteiger partial charge in [-0.3, -0.25) is 4.98 Å². The summed E-state index contributed by atoms with van der Waals surface area (Å²) < 4.78 is 5.44. The SMILES string of the molecule is NC1(C2CCCc3cccnc32)CCOCC1. The number of aromatic nitrogens is 1. The summed E-state index contributed by atoms with van der Waals surface area (Å²) in [5.41, 5.74) is 9.19. The minimum absolute atomic E-state index is 0.0955. The molecule has 0 saturated carbocycles. The van der Waals surface area contributed by atoms with E-state index >= 15 is 0 Å². The van der Waals surface area contributed by atoms with E-state index in [1.165, 1.54) is 24.1 Å². The molecule has 0 radical (unpaired) electrons. The minimum atomic E-state index is -0.0955. The van der Waals surface area contributed by atoms with E-state index in [-0.39, 0.29) is 5.54 Å². The number of rotatable bonds is 1. The predicted molar refractivity (Wildman–Crippen MR) is 66.9 cm³/mol. The van der Waals surface area contributed by atoms with Crippen LogP contribution in [0.15, 0.2) is 18.3 Å². The van der Waals surface area contributed by atoms with Crippen molar-refractivity contribution in [1.82, 2.24) is 4.98 Å². The highest BCUT2D eigenvalue weighted by Crippen LogP contribution is 2.41. The number of ether oxygens (including phenoxy) is 1. The lowest BCUT2D eigenvalue weighted by Crippen LogP contribution is -2.51.